The van der Waals surface area contributed by atoms with Crippen LogP contribution in [0.4, 0.5) is 8.78 Å². The Morgan fingerprint density at radius 3 is 2.45 bits per heavy atom. The van der Waals surface area contributed by atoms with Gasteiger partial charge in [0.15, 0.2) is 5.60 Å². The zero-order valence-corrected chi connectivity index (χ0v) is 15.4. The number of aliphatic hydroxyl groups is 2. The molecule has 0 spiro atoms. The zero-order valence-electron chi connectivity index (χ0n) is 15.4. The summed E-state index contributed by atoms with van der Waals surface area (Å²) < 4.78 is 26.0. The number of hydrogen-bond acceptors (Lipinski definition) is 5. The van der Waals surface area contributed by atoms with Crippen molar-refractivity contribution in [2.75, 3.05) is 6.61 Å². The lowest BCUT2D eigenvalue weighted by Crippen LogP contribution is -2.61. The third-order valence-electron chi connectivity index (χ3n) is 4.51. The van der Waals surface area contributed by atoms with E-state index in [0.717, 1.165) is 11.9 Å². The number of hydroxylamine groups is 1. The monoisotopic (exact) mass is 406 g/mol. The summed E-state index contributed by atoms with van der Waals surface area (Å²) in [7, 11) is 0. The average molecular weight is 406 g/mol. The van der Waals surface area contributed by atoms with E-state index in [9.17, 15) is 23.5 Å². The Labute approximate surface area is 166 Å². The Kier molecular flexibility index (Phi) is 7.29. The minimum atomic E-state index is -3.35. The van der Waals surface area contributed by atoms with Crippen LogP contribution < -0.4 is 10.8 Å². The summed E-state index contributed by atoms with van der Waals surface area (Å²) in [6, 6.07) is 3.65. The van der Waals surface area contributed by atoms with Crippen LogP contribution in [0.5, 0.6) is 0 Å². The lowest BCUT2D eigenvalue weighted by molar-refractivity contribution is -0.149. The molecule has 5 N–H and O–H groups in total. The molecule has 2 rings (SSSR count). The summed E-state index contributed by atoms with van der Waals surface area (Å²) in [5, 5.41) is 29.4. The molecule has 29 heavy (non-hydrogen) atoms. The van der Waals surface area contributed by atoms with Crippen LogP contribution in [0.2, 0.25) is 0 Å². The van der Waals surface area contributed by atoms with Crippen LogP contribution in [0, 0.1) is 35.5 Å². The first-order chi connectivity index (χ1) is 13.7. The molecule has 0 aromatic heterocycles. The van der Waals surface area contributed by atoms with Gasteiger partial charge in [0.2, 0.25) is 0 Å². The fourth-order valence-electron chi connectivity index (χ4n) is 2.45. The molecule has 0 heterocycles. The van der Waals surface area contributed by atoms with E-state index in [1.165, 1.54) is 24.3 Å². The highest BCUT2D eigenvalue weighted by Gasteiger charge is 2.46. The van der Waals surface area contributed by atoms with Gasteiger partial charge in [-0.3, -0.25) is 14.8 Å². The highest BCUT2D eigenvalue weighted by molar-refractivity contribution is 5.97. The highest BCUT2D eigenvalue weighted by Crippen LogP contribution is 2.36. The largest absolute Gasteiger partial charge is 0.396 e. The van der Waals surface area contributed by atoms with E-state index in [1.54, 1.807) is 0 Å². The molecule has 154 valence electrons. The number of aliphatic hydroxyl groups excluding tert-OH is 1. The third-order valence-corrected chi connectivity index (χ3v) is 4.51. The topological polar surface area (TPSA) is 119 Å². The van der Waals surface area contributed by atoms with E-state index in [2.05, 4.69) is 23.7 Å². The van der Waals surface area contributed by atoms with E-state index in [-0.39, 0.29) is 24.0 Å². The molecule has 1 aromatic carbocycles. The number of carbonyl (C=O) groups excluding carboxylic acids is 2. The minimum absolute atomic E-state index is 0.0335. The molecule has 0 aliphatic heterocycles. The molecule has 1 aliphatic rings. The molecule has 9 heteroatoms. The number of amides is 2. The molecule has 7 nitrogen and oxygen atoms in total. The smallest absolute Gasteiger partial charge is 0.269 e. The fourth-order valence-corrected chi connectivity index (χ4v) is 2.45. The van der Waals surface area contributed by atoms with Crippen molar-refractivity contribution < 1.29 is 33.8 Å². The fraction of sp³-hybridized carbons (Fsp3) is 0.400. The van der Waals surface area contributed by atoms with Gasteiger partial charge >= 0.3 is 0 Å². The average Bonchev–Trinajstić information content (AvgIpc) is 3.47. The van der Waals surface area contributed by atoms with Crippen LogP contribution in [-0.4, -0.2) is 51.9 Å². The molecule has 2 unspecified atom stereocenters. The van der Waals surface area contributed by atoms with Crippen molar-refractivity contribution in [2.24, 2.45) is 11.8 Å². The van der Waals surface area contributed by atoms with Gasteiger partial charge in [0.05, 0.1) is 0 Å². The summed E-state index contributed by atoms with van der Waals surface area (Å²) in [5.41, 5.74) is -1.17. The molecular formula is C20H20F2N2O5. The Morgan fingerprint density at radius 2 is 1.93 bits per heavy atom. The van der Waals surface area contributed by atoms with Gasteiger partial charge in [0, 0.05) is 23.7 Å². The van der Waals surface area contributed by atoms with Gasteiger partial charge < -0.3 is 15.5 Å². The van der Waals surface area contributed by atoms with Crippen molar-refractivity contribution in [3.63, 3.8) is 0 Å². The molecule has 1 aliphatic carbocycles. The minimum Gasteiger partial charge on any atom is -0.396 e. The van der Waals surface area contributed by atoms with Crippen molar-refractivity contribution in [2.45, 2.75) is 31.4 Å². The Morgan fingerprint density at radius 1 is 1.28 bits per heavy atom. The molecule has 4 atom stereocenters. The van der Waals surface area contributed by atoms with Crippen LogP contribution in [-0.2, 0) is 4.79 Å². The Bertz CT molecular complexity index is 878. The molecule has 1 aromatic rings. The Hall–Kier alpha value is -2.98. The van der Waals surface area contributed by atoms with Crippen molar-refractivity contribution in [3.05, 3.63) is 35.4 Å². The first-order valence-corrected chi connectivity index (χ1v) is 8.68. The van der Waals surface area contributed by atoms with Crippen LogP contribution >= 0.6 is 0 Å². The zero-order chi connectivity index (χ0) is 21.6. The van der Waals surface area contributed by atoms with E-state index in [0.29, 0.717) is 12.5 Å². The SMILES string of the molecule is C[C@@](O)(C(F)F)[C@H](NC(=O)c1ccc(C#CC#CC2CC2CO)cc1)C(=O)NO. The summed E-state index contributed by atoms with van der Waals surface area (Å²) in [4.78, 5) is 23.9. The molecule has 0 bridgehead atoms. The van der Waals surface area contributed by atoms with Crippen molar-refractivity contribution >= 4 is 11.8 Å². The number of halogens is 2. The van der Waals surface area contributed by atoms with Crippen LogP contribution in [0.1, 0.15) is 29.3 Å². The maximum atomic E-state index is 13.0. The molecule has 0 radical (unpaired) electrons. The molecular weight excluding hydrogens is 386 g/mol. The summed E-state index contributed by atoms with van der Waals surface area (Å²) >= 11 is 0. The van der Waals surface area contributed by atoms with E-state index >= 15 is 0 Å². The lowest BCUT2D eigenvalue weighted by atomic mass is 9.95. The van der Waals surface area contributed by atoms with Gasteiger partial charge in [-0.1, -0.05) is 11.8 Å². The van der Waals surface area contributed by atoms with Crippen LogP contribution in [0.3, 0.4) is 0 Å². The molecule has 0 saturated heterocycles. The van der Waals surface area contributed by atoms with Crippen molar-refractivity contribution in [1.82, 2.24) is 10.8 Å². The summed E-state index contributed by atoms with van der Waals surface area (Å²) in [5.74, 6) is 9.19. The normalized spacial score (nSPS) is 20.2. The van der Waals surface area contributed by atoms with Gasteiger partial charge in [0.1, 0.15) is 6.04 Å². The number of alkyl halides is 2. The van der Waals surface area contributed by atoms with E-state index in [1.807, 2.05) is 5.32 Å². The lowest BCUT2D eigenvalue weighted by Gasteiger charge is -2.30. The number of hydrogen-bond donors (Lipinski definition) is 5. The maximum Gasteiger partial charge on any atom is 0.269 e. The van der Waals surface area contributed by atoms with Gasteiger partial charge in [-0.15, -0.1) is 0 Å². The number of rotatable bonds is 6. The second kappa shape index (κ2) is 9.48. The first-order valence-electron chi connectivity index (χ1n) is 8.68. The van der Waals surface area contributed by atoms with Gasteiger partial charge in [-0.2, -0.15) is 0 Å². The van der Waals surface area contributed by atoms with Crippen LogP contribution in [0.25, 0.3) is 0 Å². The number of carbonyl (C=O) groups is 2. The predicted octanol–water partition coefficient (Wildman–Crippen LogP) is 0.290. The molecule has 1 fully saturated rings. The quantitative estimate of drug-likeness (QED) is 0.264. The second-order valence-corrected chi connectivity index (χ2v) is 6.79. The number of benzene rings is 1. The predicted molar refractivity (Wildman–Crippen MR) is 97.6 cm³/mol. The summed E-state index contributed by atoms with van der Waals surface area (Å²) in [6.45, 7) is 0.784. The van der Waals surface area contributed by atoms with Crippen LogP contribution in [0.15, 0.2) is 24.3 Å². The highest BCUT2D eigenvalue weighted by atomic mass is 19.3. The van der Waals surface area contributed by atoms with Gasteiger partial charge in [-0.25, -0.2) is 14.3 Å². The third kappa shape index (κ3) is 5.75. The van der Waals surface area contributed by atoms with Crippen molar-refractivity contribution in [1.29, 1.82) is 0 Å². The van der Waals surface area contributed by atoms with Gasteiger partial charge in [0.25, 0.3) is 18.2 Å². The summed E-state index contributed by atoms with van der Waals surface area (Å²) in [6.07, 6.45) is -2.49. The Balaban J connectivity index is 2.05. The number of nitrogens with one attached hydrogen (secondary N) is 2. The van der Waals surface area contributed by atoms with E-state index < -0.39 is 29.9 Å². The molecule has 1 saturated carbocycles. The standard InChI is InChI=1S/C20H20F2N2O5/c1-20(28,19(21)22)16(18(27)24-29)23-17(26)13-8-6-12(7-9-13)4-2-3-5-14-10-15(14)11-25/h6-9,14-16,19,25,28-29H,10-11H2,1H3,(H,23,26)(H,24,27)/t14?,15?,16-,20+/m1/s1. The van der Waals surface area contributed by atoms with Gasteiger partial charge in [-0.05, 0) is 55.4 Å². The second-order valence-electron chi connectivity index (χ2n) is 6.79. The molecule has 2 amide bonds. The van der Waals surface area contributed by atoms with E-state index in [4.69, 9.17) is 10.3 Å². The maximum absolute atomic E-state index is 13.0. The van der Waals surface area contributed by atoms with Crippen molar-refractivity contribution in [3.8, 4) is 23.7 Å². The first kappa shape index (κ1) is 22.3.